The number of unbranched alkanes of at least 4 members (excludes halogenated alkanes) is 1. The van der Waals surface area contributed by atoms with Gasteiger partial charge in [-0.25, -0.2) is 4.79 Å². The molecule has 15 nitrogen and oxygen atoms in total. The number of carbonyl (C=O) groups excluding carboxylic acids is 5. The van der Waals surface area contributed by atoms with Crippen molar-refractivity contribution < 1.29 is 39.0 Å². The van der Waals surface area contributed by atoms with Gasteiger partial charge < -0.3 is 49.1 Å². The number of carbonyl (C=O) groups is 6. The van der Waals surface area contributed by atoms with Crippen LogP contribution < -0.4 is 38.9 Å². The summed E-state index contributed by atoms with van der Waals surface area (Å²) in [6.07, 6.45) is -1.10. The van der Waals surface area contributed by atoms with Gasteiger partial charge in [-0.15, -0.1) is 0 Å². The predicted octanol–water partition coefficient (Wildman–Crippen LogP) is -4.11. The SMILES string of the molecule is CC(O)C(NC(=O)C(CCC(N)=O)NC(=O)C(CCCCN)NC(=O)C(N)CCC(N)=O)C(=O)O. The predicted molar refractivity (Wildman–Crippen MR) is 123 cm³/mol. The molecule has 0 spiro atoms. The van der Waals surface area contributed by atoms with Crippen molar-refractivity contribution in [2.75, 3.05) is 6.54 Å². The third kappa shape index (κ3) is 13.2. The summed E-state index contributed by atoms with van der Waals surface area (Å²) < 4.78 is 0. The normalized spacial score (nSPS) is 15.1. The van der Waals surface area contributed by atoms with E-state index < -0.39 is 65.8 Å². The summed E-state index contributed by atoms with van der Waals surface area (Å²) in [7, 11) is 0. The van der Waals surface area contributed by atoms with Crippen molar-refractivity contribution in [3.8, 4) is 0 Å². The van der Waals surface area contributed by atoms with Crippen LogP contribution in [0.25, 0.3) is 0 Å². The van der Waals surface area contributed by atoms with Crippen LogP contribution in [-0.4, -0.2) is 82.5 Å². The Bertz CT molecular complexity index is 762. The molecule has 13 N–H and O–H groups in total. The first-order valence-corrected chi connectivity index (χ1v) is 11.1. The molecule has 0 radical (unpaired) electrons. The van der Waals surface area contributed by atoms with Gasteiger partial charge in [0.15, 0.2) is 6.04 Å². The van der Waals surface area contributed by atoms with Crippen molar-refractivity contribution in [2.24, 2.45) is 22.9 Å². The smallest absolute Gasteiger partial charge is 0.328 e. The van der Waals surface area contributed by atoms with Gasteiger partial charge >= 0.3 is 5.97 Å². The Kier molecular flexibility index (Phi) is 14.8. The number of aliphatic carboxylic acids is 1. The third-order valence-electron chi connectivity index (χ3n) is 4.98. The van der Waals surface area contributed by atoms with E-state index in [1.54, 1.807) is 0 Å². The second-order valence-electron chi connectivity index (χ2n) is 8.09. The zero-order valence-corrected chi connectivity index (χ0v) is 19.7. The van der Waals surface area contributed by atoms with E-state index in [-0.39, 0.29) is 32.1 Å². The van der Waals surface area contributed by atoms with Crippen LogP contribution in [0, 0.1) is 0 Å². The molecule has 0 rings (SSSR count). The molecule has 35 heavy (non-hydrogen) atoms. The van der Waals surface area contributed by atoms with E-state index in [0.29, 0.717) is 19.4 Å². The van der Waals surface area contributed by atoms with E-state index in [0.717, 1.165) is 6.92 Å². The van der Waals surface area contributed by atoms with Crippen molar-refractivity contribution in [1.29, 1.82) is 0 Å². The van der Waals surface area contributed by atoms with Gasteiger partial charge in [0.25, 0.3) is 0 Å². The van der Waals surface area contributed by atoms with E-state index in [1.165, 1.54) is 0 Å². The maximum absolute atomic E-state index is 12.9. The highest BCUT2D eigenvalue weighted by molar-refractivity contribution is 5.94. The lowest BCUT2D eigenvalue weighted by Gasteiger charge is -2.25. The van der Waals surface area contributed by atoms with Crippen LogP contribution in [-0.2, 0) is 28.8 Å². The highest BCUT2D eigenvalue weighted by Gasteiger charge is 2.32. The fourth-order valence-electron chi connectivity index (χ4n) is 2.94. The van der Waals surface area contributed by atoms with Crippen LogP contribution >= 0.6 is 0 Å². The number of carboxylic acid groups (broad SMARTS) is 1. The Morgan fingerprint density at radius 1 is 0.771 bits per heavy atom. The molecule has 0 aromatic carbocycles. The molecule has 0 heterocycles. The van der Waals surface area contributed by atoms with Crippen LogP contribution in [0.4, 0.5) is 0 Å². The average molecular weight is 504 g/mol. The third-order valence-corrected chi connectivity index (χ3v) is 4.98. The topological polar surface area (TPSA) is 283 Å². The van der Waals surface area contributed by atoms with E-state index in [1.807, 2.05) is 0 Å². The minimum Gasteiger partial charge on any atom is -0.480 e. The van der Waals surface area contributed by atoms with Crippen LogP contribution in [0.15, 0.2) is 0 Å². The monoisotopic (exact) mass is 503 g/mol. The highest BCUT2D eigenvalue weighted by Crippen LogP contribution is 2.06. The molecule has 0 saturated carbocycles. The number of aliphatic hydroxyl groups is 1. The molecule has 0 aromatic heterocycles. The highest BCUT2D eigenvalue weighted by atomic mass is 16.4. The summed E-state index contributed by atoms with van der Waals surface area (Å²) >= 11 is 0. The molecular formula is C20H37N7O8. The Morgan fingerprint density at radius 2 is 1.26 bits per heavy atom. The van der Waals surface area contributed by atoms with E-state index in [9.17, 15) is 39.0 Å². The zero-order chi connectivity index (χ0) is 27.1. The second kappa shape index (κ2) is 16.3. The molecule has 5 amide bonds. The molecule has 5 unspecified atom stereocenters. The standard InChI is InChI=1S/C20H37N7O8/c1-10(28)16(20(34)35)27-19(33)13(6-8-15(24)30)26-18(32)12(4-2-3-9-21)25-17(31)11(22)5-7-14(23)29/h10-13,16,28H,2-9,21-22H2,1H3,(H2,23,29)(H2,24,30)(H,25,31)(H,26,32)(H,27,33)(H,34,35). The van der Waals surface area contributed by atoms with Crippen LogP contribution in [0.3, 0.4) is 0 Å². The van der Waals surface area contributed by atoms with Crippen LogP contribution in [0.5, 0.6) is 0 Å². The first-order valence-electron chi connectivity index (χ1n) is 11.1. The molecule has 5 atom stereocenters. The maximum atomic E-state index is 12.9. The molecule has 200 valence electrons. The van der Waals surface area contributed by atoms with Crippen molar-refractivity contribution >= 4 is 35.5 Å². The number of nitrogens with two attached hydrogens (primary N) is 4. The Balaban J connectivity index is 5.55. The van der Waals surface area contributed by atoms with Crippen LogP contribution in [0.2, 0.25) is 0 Å². The maximum Gasteiger partial charge on any atom is 0.328 e. The number of primary amides is 2. The van der Waals surface area contributed by atoms with Gasteiger partial charge in [-0.1, -0.05) is 0 Å². The summed E-state index contributed by atoms with van der Waals surface area (Å²) in [4.78, 5) is 71.4. The quantitative estimate of drug-likeness (QED) is 0.0814. The molecule has 0 aromatic rings. The van der Waals surface area contributed by atoms with Gasteiger partial charge in [-0.2, -0.15) is 0 Å². The molecule has 0 bridgehead atoms. The van der Waals surface area contributed by atoms with Gasteiger partial charge in [0.2, 0.25) is 29.5 Å². The number of hydrogen-bond donors (Lipinski definition) is 9. The lowest BCUT2D eigenvalue weighted by atomic mass is 10.0. The Labute approximate surface area is 202 Å². The number of amides is 5. The lowest BCUT2D eigenvalue weighted by Crippen LogP contribution is -2.58. The summed E-state index contributed by atoms with van der Waals surface area (Å²) in [5.74, 6) is -5.42. The molecule has 15 heteroatoms. The number of hydrogen-bond acceptors (Lipinski definition) is 9. The number of aliphatic hydroxyl groups excluding tert-OH is 1. The van der Waals surface area contributed by atoms with Crippen molar-refractivity contribution in [1.82, 2.24) is 16.0 Å². The number of carboxylic acids is 1. The number of rotatable bonds is 18. The molecule has 0 aliphatic carbocycles. The average Bonchev–Trinajstić information content (AvgIpc) is 2.76. The van der Waals surface area contributed by atoms with Crippen molar-refractivity contribution in [2.45, 2.75) is 82.1 Å². The fraction of sp³-hybridized carbons (Fsp3) is 0.700. The zero-order valence-electron chi connectivity index (χ0n) is 19.7. The minimum absolute atomic E-state index is 0.0438. The fourth-order valence-corrected chi connectivity index (χ4v) is 2.94. The first kappa shape index (κ1) is 31.7. The first-order chi connectivity index (χ1) is 16.3. The summed E-state index contributed by atoms with van der Waals surface area (Å²) in [5.41, 5.74) is 21.4. The van der Waals surface area contributed by atoms with E-state index >= 15 is 0 Å². The van der Waals surface area contributed by atoms with Gasteiger partial charge in [0.1, 0.15) is 12.1 Å². The Hall–Kier alpha value is -3.30. The van der Waals surface area contributed by atoms with E-state index in [4.69, 9.17) is 22.9 Å². The molecule has 0 aliphatic heterocycles. The lowest BCUT2D eigenvalue weighted by molar-refractivity contribution is -0.145. The second-order valence-corrected chi connectivity index (χ2v) is 8.09. The van der Waals surface area contributed by atoms with Gasteiger partial charge in [0.05, 0.1) is 12.1 Å². The molecular weight excluding hydrogens is 466 g/mol. The molecule has 0 fully saturated rings. The number of nitrogens with one attached hydrogen (secondary N) is 3. The minimum atomic E-state index is -1.67. The summed E-state index contributed by atoms with van der Waals surface area (Å²) in [5, 5.41) is 25.7. The van der Waals surface area contributed by atoms with Crippen molar-refractivity contribution in [3.05, 3.63) is 0 Å². The van der Waals surface area contributed by atoms with E-state index in [2.05, 4.69) is 16.0 Å². The van der Waals surface area contributed by atoms with Crippen LogP contribution in [0.1, 0.15) is 51.9 Å². The van der Waals surface area contributed by atoms with Gasteiger partial charge in [0, 0.05) is 12.8 Å². The molecule has 0 saturated heterocycles. The summed E-state index contributed by atoms with van der Waals surface area (Å²) in [6, 6.07) is -5.33. The Morgan fingerprint density at radius 3 is 1.74 bits per heavy atom. The van der Waals surface area contributed by atoms with Crippen molar-refractivity contribution in [3.63, 3.8) is 0 Å². The molecule has 0 aliphatic rings. The van der Waals surface area contributed by atoms with Gasteiger partial charge in [-0.3, -0.25) is 24.0 Å². The largest absolute Gasteiger partial charge is 0.480 e. The van der Waals surface area contributed by atoms with Gasteiger partial charge in [-0.05, 0) is 45.6 Å². The summed E-state index contributed by atoms with van der Waals surface area (Å²) in [6.45, 7) is 1.49.